The highest BCUT2D eigenvalue weighted by Gasteiger charge is 2.23. The summed E-state index contributed by atoms with van der Waals surface area (Å²) in [7, 11) is 3.12. The second-order valence-corrected chi connectivity index (χ2v) is 8.70. The lowest BCUT2D eigenvalue weighted by Gasteiger charge is -2.33. The number of hydrogen-bond acceptors (Lipinski definition) is 4. The molecule has 0 amide bonds. The second-order valence-electron chi connectivity index (χ2n) is 5.31. The van der Waals surface area contributed by atoms with E-state index in [9.17, 15) is 0 Å². The number of hydrogen-bond donors (Lipinski definition) is 0. The van der Waals surface area contributed by atoms with Crippen LogP contribution in [0.4, 0.5) is 0 Å². The molecule has 2 unspecified atom stereocenters. The minimum Gasteiger partial charge on any atom is -0.324 e. The molecule has 2 nitrogen and oxygen atoms in total. The van der Waals surface area contributed by atoms with Crippen LogP contribution in [0.5, 0.6) is 0 Å². The third-order valence-corrected chi connectivity index (χ3v) is 7.09. The summed E-state index contributed by atoms with van der Waals surface area (Å²) in [4.78, 5) is 4.33. The number of allylic oxidation sites excluding steroid dienone is 6. The lowest BCUT2D eigenvalue weighted by molar-refractivity contribution is 0.469. The van der Waals surface area contributed by atoms with E-state index in [2.05, 4.69) is 74.0 Å². The summed E-state index contributed by atoms with van der Waals surface area (Å²) in [6.07, 6.45) is 12.6. The Hall–Kier alpha value is -0.560. The molecule has 0 aromatic heterocycles. The molecule has 0 radical (unpaired) electrons. The van der Waals surface area contributed by atoms with E-state index in [1.54, 1.807) is 21.6 Å². The summed E-state index contributed by atoms with van der Waals surface area (Å²) >= 11 is 11.2. The van der Waals surface area contributed by atoms with Gasteiger partial charge in [0.25, 0.3) is 0 Å². The van der Waals surface area contributed by atoms with Crippen molar-refractivity contribution in [1.29, 1.82) is 0 Å². The van der Waals surface area contributed by atoms with Gasteiger partial charge in [-0.1, -0.05) is 48.7 Å². The maximum Gasteiger partial charge on any atom is 0.152 e. The molecule has 2 rings (SSSR count). The van der Waals surface area contributed by atoms with E-state index in [4.69, 9.17) is 24.4 Å². The Morgan fingerprint density at radius 1 is 0.864 bits per heavy atom. The van der Waals surface area contributed by atoms with Crippen LogP contribution in [0.15, 0.2) is 47.9 Å². The minimum absolute atomic E-state index is 0.289. The minimum atomic E-state index is 0.289. The molecule has 2 aliphatic rings. The third kappa shape index (κ3) is 4.04. The van der Waals surface area contributed by atoms with Crippen molar-refractivity contribution in [1.82, 2.24) is 9.80 Å². The smallest absolute Gasteiger partial charge is 0.152 e. The molecule has 0 aliphatic carbocycles. The molecule has 2 heterocycles. The van der Waals surface area contributed by atoms with Crippen molar-refractivity contribution in [2.45, 2.75) is 39.8 Å². The van der Waals surface area contributed by atoms with Crippen LogP contribution in [-0.4, -0.2) is 30.5 Å². The Bertz CT molecular complexity index is 537. The highest BCUT2D eigenvalue weighted by atomic mass is 33.1. The summed E-state index contributed by atoms with van der Waals surface area (Å²) < 4.78 is 1.69. The Morgan fingerprint density at radius 2 is 1.23 bits per heavy atom. The van der Waals surface area contributed by atoms with Crippen LogP contribution >= 0.6 is 46.0 Å². The molecule has 118 valence electrons. The fourth-order valence-corrected chi connectivity index (χ4v) is 5.52. The van der Waals surface area contributed by atoms with E-state index in [1.165, 1.54) is 11.4 Å². The van der Waals surface area contributed by atoms with Gasteiger partial charge in [0, 0.05) is 11.4 Å². The van der Waals surface area contributed by atoms with Crippen LogP contribution in [0, 0.1) is 0 Å². The number of nitrogens with zero attached hydrogens (tertiary/aromatic N) is 2. The number of thiocarbonyl (C=S) groups is 2. The maximum atomic E-state index is 5.59. The molecule has 0 N–H and O–H groups in total. The fraction of sp³-hybridized carbons (Fsp3) is 0.375. The Labute approximate surface area is 151 Å². The van der Waals surface area contributed by atoms with E-state index in [1.807, 2.05) is 0 Å². The predicted molar refractivity (Wildman–Crippen MR) is 109 cm³/mol. The fourth-order valence-electron chi connectivity index (χ4n) is 2.46. The standard InChI is InChI=1S/C16H20N2S4/c1-11-7-5-8-12(2)17(11)15(19)21-22-16(20)18-13(3)9-6-10-14(18)4/h5-11,13H,1-4H3. The van der Waals surface area contributed by atoms with E-state index < -0.39 is 0 Å². The van der Waals surface area contributed by atoms with Gasteiger partial charge >= 0.3 is 0 Å². The molecule has 2 aliphatic heterocycles. The maximum absolute atomic E-state index is 5.59. The van der Waals surface area contributed by atoms with Crippen molar-refractivity contribution in [2.24, 2.45) is 0 Å². The van der Waals surface area contributed by atoms with Crippen LogP contribution in [0.1, 0.15) is 27.7 Å². The van der Waals surface area contributed by atoms with Gasteiger partial charge in [0.2, 0.25) is 0 Å². The van der Waals surface area contributed by atoms with Gasteiger partial charge in [0.15, 0.2) is 8.64 Å². The Morgan fingerprint density at radius 3 is 1.55 bits per heavy atom. The van der Waals surface area contributed by atoms with E-state index in [0.29, 0.717) is 0 Å². The molecule has 22 heavy (non-hydrogen) atoms. The topological polar surface area (TPSA) is 6.48 Å². The lowest BCUT2D eigenvalue weighted by atomic mass is 10.2. The molecule has 0 fully saturated rings. The molecule has 0 saturated heterocycles. The molecule has 0 aromatic carbocycles. The molecule has 2 atom stereocenters. The quantitative estimate of drug-likeness (QED) is 0.422. The molecular formula is C16H20N2S4. The Balaban J connectivity index is 1.95. The highest BCUT2D eigenvalue weighted by Crippen LogP contribution is 2.34. The zero-order valence-corrected chi connectivity index (χ0v) is 16.4. The van der Waals surface area contributed by atoms with Crippen LogP contribution in [-0.2, 0) is 0 Å². The molecule has 0 aromatic rings. The molecule has 0 saturated carbocycles. The monoisotopic (exact) mass is 368 g/mol. The van der Waals surface area contributed by atoms with Crippen molar-refractivity contribution < 1.29 is 0 Å². The average Bonchev–Trinajstić information content (AvgIpc) is 2.44. The van der Waals surface area contributed by atoms with Crippen molar-refractivity contribution in [3.05, 3.63) is 47.9 Å². The van der Waals surface area contributed by atoms with Crippen molar-refractivity contribution in [3.8, 4) is 0 Å². The zero-order chi connectivity index (χ0) is 16.3. The van der Waals surface area contributed by atoms with Crippen LogP contribution in [0.2, 0.25) is 0 Å². The van der Waals surface area contributed by atoms with Crippen LogP contribution in [0.25, 0.3) is 0 Å². The van der Waals surface area contributed by atoms with Gasteiger partial charge in [0.1, 0.15) is 0 Å². The summed E-state index contributed by atoms with van der Waals surface area (Å²) in [6, 6.07) is 0.579. The SMILES string of the molecule is CC1=CC=CC(C)N1C(=S)SSC(=S)N1C(C)=CC=CC1C. The van der Waals surface area contributed by atoms with Crippen molar-refractivity contribution in [3.63, 3.8) is 0 Å². The first-order chi connectivity index (χ1) is 10.4. The second kappa shape index (κ2) is 7.81. The molecule has 0 spiro atoms. The van der Waals surface area contributed by atoms with Gasteiger partial charge in [-0.25, -0.2) is 0 Å². The first-order valence-electron chi connectivity index (χ1n) is 7.13. The van der Waals surface area contributed by atoms with Crippen LogP contribution in [0.3, 0.4) is 0 Å². The van der Waals surface area contributed by atoms with Gasteiger partial charge in [-0.15, -0.1) is 0 Å². The van der Waals surface area contributed by atoms with E-state index in [-0.39, 0.29) is 12.1 Å². The third-order valence-electron chi connectivity index (χ3n) is 3.61. The first kappa shape index (κ1) is 17.8. The summed E-state index contributed by atoms with van der Waals surface area (Å²) in [5, 5.41) is 0. The summed E-state index contributed by atoms with van der Waals surface area (Å²) in [5.41, 5.74) is 2.34. The molecule has 0 bridgehead atoms. The van der Waals surface area contributed by atoms with Crippen LogP contribution < -0.4 is 0 Å². The molecular weight excluding hydrogens is 348 g/mol. The predicted octanol–water partition coefficient (Wildman–Crippen LogP) is 5.27. The van der Waals surface area contributed by atoms with Gasteiger partial charge in [0.05, 0.1) is 12.1 Å². The van der Waals surface area contributed by atoms with E-state index >= 15 is 0 Å². The normalized spacial score (nSPS) is 24.2. The average molecular weight is 369 g/mol. The largest absolute Gasteiger partial charge is 0.324 e. The molecule has 6 heteroatoms. The number of rotatable bonds is 0. The summed E-state index contributed by atoms with van der Waals surface area (Å²) in [5.74, 6) is 0. The van der Waals surface area contributed by atoms with Gasteiger partial charge < -0.3 is 9.80 Å². The lowest BCUT2D eigenvalue weighted by Crippen LogP contribution is -2.36. The highest BCUT2D eigenvalue weighted by molar-refractivity contribution is 8.89. The summed E-state index contributed by atoms with van der Waals surface area (Å²) in [6.45, 7) is 8.46. The van der Waals surface area contributed by atoms with Gasteiger partial charge in [-0.3, -0.25) is 0 Å². The van der Waals surface area contributed by atoms with Gasteiger partial charge in [-0.05, 0) is 61.4 Å². The first-order valence-corrected chi connectivity index (χ1v) is 10.1. The van der Waals surface area contributed by atoms with Crippen molar-refractivity contribution >= 4 is 54.7 Å². The van der Waals surface area contributed by atoms with E-state index in [0.717, 1.165) is 8.64 Å². The van der Waals surface area contributed by atoms with Crippen molar-refractivity contribution in [2.75, 3.05) is 0 Å². The van der Waals surface area contributed by atoms with Gasteiger partial charge in [-0.2, -0.15) is 0 Å². The Kier molecular flexibility index (Phi) is 6.32. The zero-order valence-electron chi connectivity index (χ0n) is 13.1.